The number of hydrogen-bond acceptors (Lipinski definition) is 3. The maximum Gasteiger partial charge on any atom is 0.147 e. The number of aryl methyl sites for hydroxylation is 2. The zero-order valence-electron chi connectivity index (χ0n) is 11.4. The van der Waals surface area contributed by atoms with E-state index in [1.807, 2.05) is 26.0 Å². The maximum absolute atomic E-state index is 12.8. The highest BCUT2D eigenvalue weighted by molar-refractivity contribution is 5.40. The second-order valence-corrected chi connectivity index (χ2v) is 4.82. The van der Waals surface area contributed by atoms with E-state index in [2.05, 4.69) is 22.2 Å². The Labute approximate surface area is 112 Å². The third-order valence-corrected chi connectivity index (χ3v) is 2.91. The Kier molecular flexibility index (Phi) is 4.10. The molecule has 4 heteroatoms. The maximum atomic E-state index is 12.8. The van der Waals surface area contributed by atoms with Gasteiger partial charge in [0.25, 0.3) is 0 Å². The van der Waals surface area contributed by atoms with E-state index in [0.29, 0.717) is 0 Å². The molecule has 100 valence electrons. The zero-order valence-corrected chi connectivity index (χ0v) is 11.4. The largest absolute Gasteiger partial charge is 0.366 e. The first kappa shape index (κ1) is 13.5. The Hall–Kier alpha value is -1.97. The van der Waals surface area contributed by atoms with Crippen LogP contribution in [-0.2, 0) is 6.42 Å². The Balaban J connectivity index is 2.02. The van der Waals surface area contributed by atoms with Crippen LogP contribution in [0.2, 0.25) is 0 Å². The van der Waals surface area contributed by atoms with Crippen LogP contribution >= 0.6 is 0 Å². The van der Waals surface area contributed by atoms with Crippen LogP contribution in [0.3, 0.4) is 0 Å². The Morgan fingerprint density at radius 2 is 1.89 bits per heavy atom. The summed E-state index contributed by atoms with van der Waals surface area (Å²) in [5.74, 6) is 0.611. The molecular formula is C15H18FN3. The highest BCUT2D eigenvalue weighted by atomic mass is 19.1. The highest BCUT2D eigenvalue weighted by Crippen LogP contribution is 2.13. The van der Waals surface area contributed by atoms with Crippen LogP contribution in [0.1, 0.15) is 23.9 Å². The molecule has 2 rings (SSSR count). The van der Waals surface area contributed by atoms with E-state index < -0.39 is 0 Å². The van der Waals surface area contributed by atoms with Crippen LogP contribution in [0.25, 0.3) is 0 Å². The summed E-state index contributed by atoms with van der Waals surface area (Å²) in [4.78, 5) is 8.71. The van der Waals surface area contributed by atoms with Crippen LogP contribution < -0.4 is 5.32 Å². The van der Waals surface area contributed by atoms with Gasteiger partial charge in [0, 0.05) is 12.2 Å². The summed E-state index contributed by atoms with van der Waals surface area (Å²) in [6, 6.07) is 6.80. The van der Waals surface area contributed by atoms with Crippen molar-refractivity contribution in [2.45, 2.75) is 33.2 Å². The van der Waals surface area contributed by atoms with Gasteiger partial charge in [-0.15, -0.1) is 0 Å². The fourth-order valence-corrected chi connectivity index (χ4v) is 1.93. The third kappa shape index (κ3) is 3.74. The van der Waals surface area contributed by atoms with E-state index in [4.69, 9.17) is 0 Å². The summed E-state index contributed by atoms with van der Waals surface area (Å²) < 4.78 is 12.8. The summed E-state index contributed by atoms with van der Waals surface area (Å²) in [7, 11) is 0. The molecule has 19 heavy (non-hydrogen) atoms. The zero-order chi connectivity index (χ0) is 13.8. The fourth-order valence-electron chi connectivity index (χ4n) is 1.93. The molecule has 0 spiro atoms. The Bertz CT molecular complexity index is 552. The van der Waals surface area contributed by atoms with Gasteiger partial charge < -0.3 is 5.32 Å². The van der Waals surface area contributed by atoms with Crippen molar-refractivity contribution >= 4 is 5.82 Å². The Morgan fingerprint density at radius 3 is 2.58 bits per heavy atom. The lowest BCUT2D eigenvalue weighted by Gasteiger charge is -2.16. The van der Waals surface area contributed by atoms with E-state index in [1.165, 1.54) is 12.1 Å². The van der Waals surface area contributed by atoms with Crippen LogP contribution in [0.15, 0.2) is 30.5 Å². The summed E-state index contributed by atoms with van der Waals surface area (Å²) in [6.07, 6.45) is 2.57. The second-order valence-electron chi connectivity index (χ2n) is 4.82. The molecule has 0 aliphatic rings. The fraction of sp³-hybridized carbons (Fsp3) is 0.333. The number of hydrogen-bond donors (Lipinski definition) is 1. The predicted octanol–water partition coefficient (Wildman–Crippen LogP) is 3.28. The number of benzene rings is 1. The normalized spacial score (nSPS) is 12.2. The van der Waals surface area contributed by atoms with E-state index >= 15 is 0 Å². The molecule has 0 amide bonds. The third-order valence-electron chi connectivity index (χ3n) is 2.91. The van der Waals surface area contributed by atoms with Crippen molar-refractivity contribution in [2.24, 2.45) is 0 Å². The van der Waals surface area contributed by atoms with Crippen LogP contribution in [0.5, 0.6) is 0 Å². The molecule has 0 fully saturated rings. The monoisotopic (exact) mass is 259 g/mol. The molecule has 1 atom stereocenters. The molecule has 1 unspecified atom stereocenters. The molecule has 0 saturated carbocycles. The molecule has 0 saturated heterocycles. The van der Waals surface area contributed by atoms with Crippen molar-refractivity contribution in [1.82, 2.24) is 9.97 Å². The quantitative estimate of drug-likeness (QED) is 0.915. The summed E-state index contributed by atoms with van der Waals surface area (Å²) in [6.45, 7) is 5.93. The van der Waals surface area contributed by atoms with Gasteiger partial charge in [0.1, 0.15) is 11.6 Å². The number of anilines is 1. The Morgan fingerprint density at radius 1 is 1.21 bits per heavy atom. The summed E-state index contributed by atoms with van der Waals surface area (Å²) >= 11 is 0. The lowest BCUT2D eigenvalue weighted by molar-refractivity contribution is 0.626. The minimum Gasteiger partial charge on any atom is -0.366 e. The number of rotatable bonds is 4. The average Bonchev–Trinajstić information content (AvgIpc) is 2.37. The van der Waals surface area contributed by atoms with E-state index in [-0.39, 0.29) is 11.9 Å². The van der Waals surface area contributed by atoms with Crippen LogP contribution in [0, 0.1) is 19.7 Å². The van der Waals surface area contributed by atoms with Crippen molar-refractivity contribution < 1.29 is 4.39 Å². The lowest BCUT2D eigenvalue weighted by Crippen LogP contribution is -2.20. The highest BCUT2D eigenvalue weighted by Gasteiger charge is 2.07. The van der Waals surface area contributed by atoms with Gasteiger partial charge >= 0.3 is 0 Å². The minimum absolute atomic E-state index is 0.204. The van der Waals surface area contributed by atoms with Crippen LogP contribution in [0.4, 0.5) is 10.2 Å². The molecule has 3 nitrogen and oxygen atoms in total. The van der Waals surface area contributed by atoms with Gasteiger partial charge in [0.2, 0.25) is 0 Å². The molecule has 1 aromatic carbocycles. The number of aromatic nitrogens is 2. The predicted molar refractivity (Wildman–Crippen MR) is 74.7 cm³/mol. The lowest BCUT2D eigenvalue weighted by atomic mass is 10.1. The number of nitrogens with one attached hydrogen (secondary N) is 1. The number of nitrogens with zero attached hydrogens (tertiary/aromatic N) is 2. The van der Waals surface area contributed by atoms with E-state index in [9.17, 15) is 4.39 Å². The second kappa shape index (κ2) is 5.78. The molecule has 1 aromatic heterocycles. The van der Waals surface area contributed by atoms with Gasteiger partial charge in [0.15, 0.2) is 0 Å². The SMILES string of the molecule is Cc1cnc(C)c(NC(C)Cc2ccc(F)cc2)n1. The van der Waals surface area contributed by atoms with Gasteiger partial charge in [-0.1, -0.05) is 12.1 Å². The van der Waals surface area contributed by atoms with Gasteiger partial charge in [-0.05, 0) is 44.9 Å². The van der Waals surface area contributed by atoms with Crippen molar-refractivity contribution in [1.29, 1.82) is 0 Å². The number of halogens is 1. The first-order valence-corrected chi connectivity index (χ1v) is 6.36. The van der Waals surface area contributed by atoms with Gasteiger partial charge in [0.05, 0.1) is 11.4 Å². The molecule has 0 bridgehead atoms. The summed E-state index contributed by atoms with van der Waals surface area (Å²) in [5.41, 5.74) is 2.87. The van der Waals surface area contributed by atoms with Gasteiger partial charge in [-0.25, -0.2) is 9.37 Å². The average molecular weight is 259 g/mol. The van der Waals surface area contributed by atoms with Crippen molar-refractivity contribution in [3.8, 4) is 0 Å². The van der Waals surface area contributed by atoms with Crippen LogP contribution in [-0.4, -0.2) is 16.0 Å². The smallest absolute Gasteiger partial charge is 0.147 e. The first-order valence-electron chi connectivity index (χ1n) is 6.36. The minimum atomic E-state index is -0.204. The summed E-state index contributed by atoms with van der Waals surface area (Å²) in [5, 5.41) is 3.35. The first-order chi connectivity index (χ1) is 9.04. The van der Waals surface area contributed by atoms with Gasteiger partial charge in [-0.3, -0.25) is 4.98 Å². The molecule has 0 aliphatic heterocycles. The van der Waals surface area contributed by atoms with Crippen molar-refractivity contribution in [3.63, 3.8) is 0 Å². The molecule has 1 N–H and O–H groups in total. The topological polar surface area (TPSA) is 37.8 Å². The van der Waals surface area contributed by atoms with E-state index in [1.54, 1.807) is 6.20 Å². The molecule has 2 aromatic rings. The van der Waals surface area contributed by atoms with Gasteiger partial charge in [-0.2, -0.15) is 0 Å². The standard InChI is InChI=1S/C15H18FN3/c1-10(8-13-4-6-14(16)7-5-13)18-15-12(3)17-9-11(2)19-15/h4-7,9-10H,8H2,1-3H3,(H,18,19). The van der Waals surface area contributed by atoms with Crippen molar-refractivity contribution in [3.05, 3.63) is 53.2 Å². The molecule has 0 radical (unpaired) electrons. The molecule has 1 heterocycles. The molecular weight excluding hydrogens is 241 g/mol. The molecule has 0 aliphatic carbocycles. The van der Waals surface area contributed by atoms with Crippen molar-refractivity contribution in [2.75, 3.05) is 5.32 Å². The van der Waals surface area contributed by atoms with E-state index in [0.717, 1.165) is 29.2 Å².